The predicted octanol–water partition coefficient (Wildman–Crippen LogP) is 3.20. The van der Waals surface area contributed by atoms with Gasteiger partial charge in [0.2, 0.25) is 0 Å². The Bertz CT molecular complexity index is 1090. The molecule has 2 aromatic rings. The molecule has 0 radical (unpaired) electrons. The first-order valence-electron chi connectivity index (χ1n) is 9.11. The van der Waals surface area contributed by atoms with Crippen molar-refractivity contribution in [3.8, 4) is 6.07 Å². The van der Waals surface area contributed by atoms with Crippen molar-refractivity contribution in [2.75, 3.05) is 5.32 Å². The summed E-state index contributed by atoms with van der Waals surface area (Å²) in [5.74, 6) is -0.327. The maximum Gasteiger partial charge on any atom is 0.288 e. The van der Waals surface area contributed by atoms with Crippen LogP contribution >= 0.6 is 0 Å². The number of anilines is 1. The average Bonchev–Trinajstić information content (AvgIpc) is 3.18. The van der Waals surface area contributed by atoms with Crippen LogP contribution in [0.15, 0.2) is 53.4 Å². The molecule has 8 heteroatoms. The van der Waals surface area contributed by atoms with E-state index in [1.54, 1.807) is 6.07 Å². The first kappa shape index (κ1) is 18.6. The molecule has 1 aliphatic carbocycles. The zero-order valence-electron chi connectivity index (χ0n) is 15.6. The van der Waals surface area contributed by atoms with Crippen molar-refractivity contribution in [2.45, 2.75) is 25.3 Å². The Morgan fingerprint density at radius 3 is 2.97 bits per heavy atom. The number of nitrogens with one attached hydrogen (secondary N) is 1. The van der Waals surface area contributed by atoms with Gasteiger partial charge in [0.15, 0.2) is 0 Å². The van der Waals surface area contributed by atoms with Crippen molar-refractivity contribution >= 4 is 17.6 Å². The lowest BCUT2D eigenvalue weighted by atomic mass is 9.78. The van der Waals surface area contributed by atoms with E-state index in [0.29, 0.717) is 22.6 Å². The fourth-order valence-corrected chi connectivity index (χ4v) is 3.83. The number of hydrogen-bond donors (Lipinski definition) is 2. The number of fused-ring (bicyclic) bond motifs is 1. The fourth-order valence-electron chi connectivity index (χ4n) is 3.83. The van der Waals surface area contributed by atoms with E-state index in [9.17, 15) is 9.18 Å². The van der Waals surface area contributed by atoms with Crippen LogP contribution in [-0.4, -0.2) is 16.9 Å². The van der Waals surface area contributed by atoms with Crippen molar-refractivity contribution < 1.29 is 13.9 Å². The van der Waals surface area contributed by atoms with E-state index >= 15 is 0 Å². The summed E-state index contributed by atoms with van der Waals surface area (Å²) < 4.78 is 20.3. The molecular formula is C21H18FN5O2. The maximum atomic E-state index is 14.8. The van der Waals surface area contributed by atoms with E-state index < -0.39 is 17.3 Å². The van der Waals surface area contributed by atoms with Gasteiger partial charge in [-0.25, -0.2) is 14.4 Å². The normalized spacial score (nSPS) is 22.6. The molecule has 29 heavy (non-hydrogen) atoms. The zero-order chi connectivity index (χ0) is 20.6. The monoisotopic (exact) mass is 391 g/mol. The van der Waals surface area contributed by atoms with Gasteiger partial charge in [0, 0.05) is 23.4 Å². The summed E-state index contributed by atoms with van der Waals surface area (Å²) in [5.41, 5.74) is 6.13. The summed E-state index contributed by atoms with van der Waals surface area (Å²) in [5, 5.41) is 11.5. The van der Waals surface area contributed by atoms with Gasteiger partial charge < -0.3 is 15.8 Å². The second kappa shape index (κ2) is 7.02. The minimum atomic E-state index is -0.942. The summed E-state index contributed by atoms with van der Waals surface area (Å²) in [6.07, 6.45) is 4.85. The number of hydrogen-bond acceptors (Lipinski definition) is 6. The number of halogens is 1. The molecule has 1 aromatic carbocycles. The number of allylic oxidation sites excluding steroid dienone is 1. The van der Waals surface area contributed by atoms with Gasteiger partial charge in [0.05, 0.1) is 5.56 Å². The second-order valence-electron chi connectivity index (χ2n) is 7.13. The molecule has 2 heterocycles. The highest BCUT2D eigenvalue weighted by molar-refractivity contribution is 6.02. The van der Waals surface area contributed by atoms with Crippen molar-refractivity contribution in [2.24, 2.45) is 16.6 Å². The van der Waals surface area contributed by atoms with Crippen LogP contribution < -0.4 is 11.1 Å². The number of benzene rings is 1. The minimum Gasteiger partial charge on any atom is -0.431 e. The Morgan fingerprint density at radius 1 is 1.41 bits per heavy atom. The molecular weight excluding hydrogens is 373 g/mol. The lowest BCUT2D eigenvalue weighted by Gasteiger charge is -2.37. The third-order valence-corrected chi connectivity index (χ3v) is 5.28. The topological polar surface area (TPSA) is 113 Å². The molecule has 2 aliphatic rings. The number of carbonyl (C=O) groups is 1. The molecule has 0 spiro atoms. The van der Waals surface area contributed by atoms with Crippen LogP contribution in [-0.2, 0) is 10.3 Å². The number of aromatic nitrogens is 1. The van der Waals surface area contributed by atoms with Crippen molar-refractivity contribution in [1.82, 2.24) is 4.98 Å². The van der Waals surface area contributed by atoms with Crippen LogP contribution in [0, 0.1) is 23.1 Å². The number of nitrogens with zero attached hydrogens (tertiary/aromatic N) is 3. The standard InChI is InChI=1S/C21H18FN5O2/c1-21(14-3-2-4-18(14)29-20(24)27-21)15-9-13(6-7-16(15)22)26-19(28)17-8-5-12(10-23)11-25-17/h4-9,11,14H,2-3H2,1H3,(H2,24,27)(H,26,28)/t14?,21-/m0/s1. The quantitative estimate of drug-likeness (QED) is 0.834. The minimum absolute atomic E-state index is 0.00692. The summed E-state index contributed by atoms with van der Waals surface area (Å²) >= 11 is 0. The molecule has 3 N–H and O–H groups in total. The van der Waals surface area contributed by atoms with Gasteiger partial charge in [-0.15, -0.1) is 0 Å². The number of amides is 1. The van der Waals surface area contributed by atoms with Crippen molar-refractivity contribution in [3.05, 3.63) is 71.0 Å². The van der Waals surface area contributed by atoms with Crippen LogP contribution in [0.1, 0.15) is 41.4 Å². The summed E-state index contributed by atoms with van der Waals surface area (Å²) in [6.45, 7) is 1.82. The number of carbonyl (C=O) groups excluding carboxylic acids is 1. The van der Waals surface area contributed by atoms with E-state index in [2.05, 4.69) is 15.3 Å². The average molecular weight is 391 g/mol. The third kappa shape index (κ3) is 3.31. The SMILES string of the molecule is C[C@]1(c2cc(NC(=O)c3ccc(C#N)cn3)ccc2F)N=C(N)OC2=CCCC21. The molecule has 1 unspecified atom stereocenters. The first-order valence-corrected chi connectivity index (χ1v) is 9.11. The second-order valence-corrected chi connectivity index (χ2v) is 7.13. The number of pyridine rings is 1. The largest absolute Gasteiger partial charge is 0.431 e. The molecule has 7 nitrogen and oxygen atoms in total. The number of rotatable bonds is 3. The summed E-state index contributed by atoms with van der Waals surface area (Å²) in [6, 6.07) is 9.23. The summed E-state index contributed by atoms with van der Waals surface area (Å²) in [4.78, 5) is 20.9. The molecule has 2 atom stereocenters. The zero-order valence-corrected chi connectivity index (χ0v) is 15.6. The van der Waals surface area contributed by atoms with E-state index in [1.165, 1.54) is 30.5 Å². The van der Waals surface area contributed by atoms with Crippen molar-refractivity contribution in [3.63, 3.8) is 0 Å². The van der Waals surface area contributed by atoms with Gasteiger partial charge in [0.1, 0.15) is 28.9 Å². The van der Waals surface area contributed by atoms with Crippen LogP contribution in [0.4, 0.5) is 10.1 Å². The molecule has 0 saturated carbocycles. The Hall–Kier alpha value is -3.73. The number of nitriles is 1. The van der Waals surface area contributed by atoms with Gasteiger partial charge in [-0.1, -0.05) is 0 Å². The first-order chi connectivity index (χ1) is 13.9. The van der Waals surface area contributed by atoms with Crippen LogP contribution in [0.2, 0.25) is 0 Å². The van der Waals surface area contributed by atoms with Crippen molar-refractivity contribution in [1.29, 1.82) is 5.26 Å². The Labute approximate surface area is 166 Å². The fraction of sp³-hybridized carbons (Fsp3) is 0.238. The van der Waals surface area contributed by atoms with E-state index in [4.69, 9.17) is 15.7 Å². The maximum absolute atomic E-state index is 14.8. The predicted molar refractivity (Wildman–Crippen MR) is 104 cm³/mol. The lowest BCUT2D eigenvalue weighted by molar-refractivity contribution is 0.102. The number of nitrogens with two attached hydrogens (primary N) is 1. The van der Waals surface area contributed by atoms with Gasteiger partial charge in [-0.05, 0) is 56.2 Å². The molecule has 0 bridgehead atoms. The van der Waals surface area contributed by atoms with Gasteiger partial charge in [0.25, 0.3) is 11.9 Å². The highest BCUT2D eigenvalue weighted by Gasteiger charge is 2.46. The third-order valence-electron chi connectivity index (χ3n) is 5.28. The van der Waals surface area contributed by atoms with E-state index in [1.807, 2.05) is 19.1 Å². The summed E-state index contributed by atoms with van der Waals surface area (Å²) in [7, 11) is 0. The van der Waals surface area contributed by atoms with Crippen LogP contribution in [0.3, 0.4) is 0 Å². The molecule has 1 aromatic heterocycles. The Kier molecular flexibility index (Phi) is 4.51. The van der Waals surface area contributed by atoms with Gasteiger partial charge >= 0.3 is 0 Å². The van der Waals surface area contributed by atoms with Gasteiger partial charge in [-0.3, -0.25) is 4.79 Å². The molecule has 4 rings (SSSR count). The molecule has 146 valence electrons. The molecule has 1 aliphatic heterocycles. The van der Waals surface area contributed by atoms with Crippen LogP contribution in [0.5, 0.6) is 0 Å². The molecule has 1 amide bonds. The van der Waals surface area contributed by atoms with Gasteiger partial charge in [-0.2, -0.15) is 5.26 Å². The highest BCUT2D eigenvalue weighted by atomic mass is 19.1. The van der Waals surface area contributed by atoms with E-state index in [-0.39, 0.29) is 17.6 Å². The molecule has 0 saturated heterocycles. The Balaban J connectivity index is 1.66. The van der Waals surface area contributed by atoms with Crippen LogP contribution in [0.25, 0.3) is 0 Å². The molecule has 0 fully saturated rings. The lowest BCUT2D eigenvalue weighted by Crippen LogP contribution is -2.39. The highest BCUT2D eigenvalue weighted by Crippen LogP contribution is 2.47. The number of aliphatic imine (C=N–C) groups is 1. The number of amidine groups is 1. The van der Waals surface area contributed by atoms with E-state index in [0.717, 1.165) is 12.8 Å². The number of ether oxygens (including phenoxy) is 1. The Morgan fingerprint density at radius 2 is 2.24 bits per heavy atom. The smallest absolute Gasteiger partial charge is 0.288 e.